The second-order valence-electron chi connectivity index (χ2n) is 8.06. The number of carbonyl (C=O) groups excluding carboxylic acids is 2. The first-order valence-corrected chi connectivity index (χ1v) is 9.77. The van der Waals surface area contributed by atoms with Gasteiger partial charge in [-0.1, -0.05) is 56.6 Å². The number of nitrogens with zero attached hydrogens (tertiary/aromatic N) is 1. The van der Waals surface area contributed by atoms with Gasteiger partial charge in [0.25, 0.3) is 5.91 Å². The van der Waals surface area contributed by atoms with Crippen LogP contribution >= 0.6 is 11.6 Å². The van der Waals surface area contributed by atoms with E-state index in [1.54, 1.807) is 39.0 Å². The molecule has 0 aliphatic rings. The Balaban J connectivity index is 2.22. The van der Waals surface area contributed by atoms with Crippen LogP contribution in [0.2, 0.25) is 5.02 Å². The largest absolute Gasteiger partial charge is 0.378 e. The molecule has 0 fully saturated rings. The topological polar surface area (TPSA) is 61.4 Å². The fourth-order valence-corrected chi connectivity index (χ4v) is 2.51. The number of anilines is 1. The molecule has 2 rings (SSSR count). The first kappa shape index (κ1) is 22.5. The van der Waals surface area contributed by atoms with Gasteiger partial charge in [-0.15, -0.1) is 0 Å². The van der Waals surface area contributed by atoms with E-state index in [9.17, 15) is 9.59 Å². The van der Waals surface area contributed by atoms with E-state index >= 15 is 0 Å². The maximum Gasteiger partial charge on any atom is 0.268 e. The molecule has 2 aromatic carbocycles. The van der Waals surface area contributed by atoms with E-state index in [4.69, 9.17) is 11.6 Å². The van der Waals surface area contributed by atoms with Gasteiger partial charge in [-0.25, -0.2) is 0 Å². The molecule has 0 aliphatic carbocycles. The molecule has 0 bridgehead atoms. The number of nitrogens with one attached hydrogen (secondary N) is 2. The van der Waals surface area contributed by atoms with Crippen LogP contribution in [0.4, 0.5) is 5.69 Å². The molecule has 6 heteroatoms. The fraction of sp³-hybridized carbons (Fsp3) is 0.304. The Morgan fingerprint density at radius 2 is 1.59 bits per heavy atom. The number of rotatable bonds is 6. The molecular weight excluding hydrogens is 386 g/mol. The van der Waals surface area contributed by atoms with Gasteiger partial charge in [-0.3, -0.25) is 9.59 Å². The first-order chi connectivity index (χ1) is 13.6. The van der Waals surface area contributed by atoms with Gasteiger partial charge in [-0.05, 0) is 41.5 Å². The maximum atomic E-state index is 12.8. The predicted octanol–water partition coefficient (Wildman–Crippen LogP) is 4.23. The Bertz CT molecular complexity index is 880. The lowest BCUT2D eigenvalue weighted by Gasteiger charge is -2.19. The molecule has 0 atom stereocenters. The van der Waals surface area contributed by atoms with Crippen molar-refractivity contribution >= 4 is 35.2 Å². The third kappa shape index (κ3) is 6.95. The average Bonchev–Trinajstić information content (AvgIpc) is 2.66. The number of hydrogen-bond acceptors (Lipinski definition) is 3. The summed E-state index contributed by atoms with van der Waals surface area (Å²) >= 11 is 5.90. The van der Waals surface area contributed by atoms with E-state index in [1.165, 1.54) is 0 Å². The molecule has 2 amide bonds. The van der Waals surface area contributed by atoms with Crippen LogP contribution in [0.15, 0.2) is 54.2 Å². The van der Waals surface area contributed by atoms with Crippen molar-refractivity contribution in [2.45, 2.75) is 27.3 Å². The van der Waals surface area contributed by atoms with Gasteiger partial charge in [0.15, 0.2) is 0 Å². The third-order valence-corrected chi connectivity index (χ3v) is 4.51. The zero-order valence-electron chi connectivity index (χ0n) is 17.5. The molecular formula is C23H28ClN3O2. The van der Waals surface area contributed by atoms with E-state index < -0.39 is 5.41 Å². The lowest BCUT2D eigenvalue weighted by molar-refractivity contribution is -0.129. The Morgan fingerprint density at radius 1 is 1.00 bits per heavy atom. The van der Waals surface area contributed by atoms with E-state index in [1.807, 2.05) is 55.4 Å². The second kappa shape index (κ2) is 9.61. The number of amides is 2. The van der Waals surface area contributed by atoms with E-state index in [0.29, 0.717) is 11.6 Å². The zero-order valence-corrected chi connectivity index (χ0v) is 18.3. The van der Waals surface area contributed by atoms with Crippen molar-refractivity contribution in [2.24, 2.45) is 5.41 Å². The van der Waals surface area contributed by atoms with Crippen LogP contribution in [0.1, 0.15) is 31.9 Å². The molecule has 2 aromatic rings. The highest BCUT2D eigenvalue weighted by Crippen LogP contribution is 2.17. The van der Waals surface area contributed by atoms with Crippen LogP contribution in [-0.2, 0) is 16.1 Å². The Kier molecular flexibility index (Phi) is 7.46. The number of carbonyl (C=O) groups is 2. The molecule has 0 saturated heterocycles. The monoisotopic (exact) mass is 413 g/mol. The van der Waals surface area contributed by atoms with Crippen LogP contribution in [0, 0.1) is 5.41 Å². The Labute approximate surface area is 177 Å². The molecule has 29 heavy (non-hydrogen) atoms. The summed E-state index contributed by atoms with van der Waals surface area (Å²) in [5, 5.41) is 6.26. The zero-order chi connectivity index (χ0) is 21.6. The van der Waals surface area contributed by atoms with Gasteiger partial charge < -0.3 is 15.5 Å². The van der Waals surface area contributed by atoms with Crippen molar-refractivity contribution in [3.8, 4) is 0 Å². The van der Waals surface area contributed by atoms with Gasteiger partial charge in [0, 0.05) is 36.8 Å². The minimum Gasteiger partial charge on any atom is -0.378 e. The molecule has 0 heterocycles. The average molecular weight is 414 g/mol. The molecule has 0 spiro atoms. The number of benzene rings is 2. The molecule has 0 unspecified atom stereocenters. The lowest BCUT2D eigenvalue weighted by atomic mass is 9.95. The summed E-state index contributed by atoms with van der Waals surface area (Å²) in [6, 6.07) is 15.0. The quantitative estimate of drug-likeness (QED) is 0.697. The van der Waals surface area contributed by atoms with Gasteiger partial charge >= 0.3 is 0 Å². The van der Waals surface area contributed by atoms with E-state index in [0.717, 1.165) is 16.8 Å². The normalized spacial score (nSPS) is 11.7. The highest BCUT2D eigenvalue weighted by atomic mass is 35.5. The predicted molar refractivity (Wildman–Crippen MR) is 120 cm³/mol. The van der Waals surface area contributed by atoms with Crippen molar-refractivity contribution < 1.29 is 9.59 Å². The molecule has 0 radical (unpaired) electrons. The van der Waals surface area contributed by atoms with Gasteiger partial charge in [0.2, 0.25) is 5.91 Å². The van der Waals surface area contributed by atoms with Crippen LogP contribution in [0.3, 0.4) is 0 Å². The van der Waals surface area contributed by atoms with E-state index in [2.05, 4.69) is 10.6 Å². The summed E-state index contributed by atoms with van der Waals surface area (Å²) in [7, 11) is 3.92. The Morgan fingerprint density at radius 3 is 2.10 bits per heavy atom. The van der Waals surface area contributed by atoms with Gasteiger partial charge in [0.1, 0.15) is 5.70 Å². The summed E-state index contributed by atoms with van der Waals surface area (Å²) in [6.07, 6.45) is 1.68. The number of halogens is 1. The van der Waals surface area contributed by atoms with Crippen molar-refractivity contribution in [3.05, 3.63) is 70.4 Å². The van der Waals surface area contributed by atoms with Gasteiger partial charge in [-0.2, -0.15) is 0 Å². The van der Waals surface area contributed by atoms with Crippen molar-refractivity contribution in [1.29, 1.82) is 0 Å². The fourth-order valence-electron chi connectivity index (χ4n) is 2.38. The van der Waals surface area contributed by atoms with Crippen molar-refractivity contribution in [2.75, 3.05) is 19.0 Å². The molecule has 5 nitrogen and oxygen atoms in total. The van der Waals surface area contributed by atoms with Crippen molar-refractivity contribution in [3.63, 3.8) is 0 Å². The van der Waals surface area contributed by atoms with E-state index in [-0.39, 0.29) is 17.5 Å². The summed E-state index contributed by atoms with van der Waals surface area (Å²) in [5.74, 6) is -0.579. The summed E-state index contributed by atoms with van der Waals surface area (Å²) < 4.78 is 0. The highest BCUT2D eigenvalue weighted by Gasteiger charge is 2.24. The molecule has 2 N–H and O–H groups in total. The van der Waals surface area contributed by atoms with Crippen LogP contribution in [-0.4, -0.2) is 25.9 Å². The van der Waals surface area contributed by atoms with Crippen LogP contribution in [0.5, 0.6) is 0 Å². The highest BCUT2D eigenvalue weighted by molar-refractivity contribution is 6.30. The summed E-state index contributed by atoms with van der Waals surface area (Å²) in [4.78, 5) is 27.3. The van der Waals surface area contributed by atoms with Crippen LogP contribution in [0.25, 0.3) is 6.08 Å². The number of hydrogen-bond donors (Lipinski definition) is 2. The SMILES string of the molecule is CN(C)c1ccc(/C=C(\NC(=O)C(C)(C)C)C(=O)NCc2ccc(Cl)cc2)cc1. The maximum absolute atomic E-state index is 12.8. The minimum atomic E-state index is -0.621. The molecule has 0 aliphatic heterocycles. The Hall–Kier alpha value is -2.79. The second-order valence-corrected chi connectivity index (χ2v) is 8.49. The molecule has 0 saturated carbocycles. The smallest absolute Gasteiger partial charge is 0.268 e. The molecule has 0 aromatic heterocycles. The summed E-state index contributed by atoms with van der Waals surface area (Å²) in [6.45, 7) is 5.74. The van der Waals surface area contributed by atoms with Crippen LogP contribution < -0.4 is 15.5 Å². The minimum absolute atomic E-state index is 0.205. The standard InChI is InChI=1S/C23H28ClN3O2/c1-23(2,3)22(29)26-20(14-16-8-12-19(13-9-16)27(4)5)21(28)25-15-17-6-10-18(24)11-7-17/h6-14H,15H2,1-5H3,(H,25,28)(H,26,29)/b20-14-. The summed E-state index contributed by atoms with van der Waals surface area (Å²) in [5.41, 5.74) is 2.37. The lowest BCUT2D eigenvalue weighted by Crippen LogP contribution is -2.39. The molecule has 154 valence electrons. The van der Waals surface area contributed by atoms with Crippen molar-refractivity contribution in [1.82, 2.24) is 10.6 Å². The first-order valence-electron chi connectivity index (χ1n) is 9.39. The third-order valence-electron chi connectivity index (χ3n) is 4.26. The van der Waals surface area contributed by atoms with Gasteiger partial charge in [0.05, 0.1) is 0 Å².